The SMILES string of the molecule is C[C@H](OCCN1CCN(C)CC1)C(=O)O. The minimum absolute atomic E-state index is 0.497. The van der Waals surface area contributed by atoms with Crippen LogP contribution in [0.4, 0.5) is 0 Å². The Hall–Kier alpha value is -0.650. The van der Waals surface area contributed by atoms with Gasteiger partial charge in [0.2, 0.25) is 0 Å². The zero-order valence-electron chi connectivity index (χ0n) is 9.48. The van der Waals surface area contributed by atoms with Crippen LogP contribution in [-0.2, 0) is 9.53 Å². The maximum atomic E-state index is 10.5. The van der Waals surface area contributed by atoms with Gasteiger partial charge in [0.1, 0.15) is 0 Å². The molecule has 1 fully saturated rings. The van der Waals surface area contributed by atoms with Gasteiger partial charge in [-0.05, 0) is 14.0 Å². The van der Waals surface area contributed by atoms with Crippen molar-refractivity contribution >= 4 is 5.97 Å². The molecule has 0 bridgehead atoms. The lowest BCUT2D eigenvalue weighted by Gasteiger charge is -2.32. The fraction of sp³-hybridized carbons (Fsp3) is 0.900. The number of aliphatic carboxylic acids is 1. The zero-order valence-corrected chi connectivity index (χ0v) is 9.48. The average molecular weight is 216 g/mol. The molecule has 0 aliphatic carbocycles. The molecule has 0 unspecified atom stereocenters. The first-order valence-corrected chi connectivity index (χ1v) is 5.35. The summed E-state index contributed by atoms with van der Waals surface area (Å²) in [7, 11) is 2.11. The molecule has 0 saturated carbocycles. The Morgan fingerprint density at radius 1 is 1.40 bits per heavy atom. The van der Waals surface area contributed by atoms with E-state index in [2.05, 4.69) is 16.8 Å². The van der Waals surface area contributed by atoms with Crippen molar-refractivity contribution in [1.29, 1.82) is 0 Å². The normalized spacial score (nSPS) is 21.5. The molecular weight excluding hydrogens is 196 g/mol. The van der Waals surface area contributed by atoms with E-state index in [1.54, 1.807) is 6.92 Å². The second kappa shape index (κ2) is 6.05. The van der Waals surface area contributed by atoms with Gasteiger partial charge in [0.15, 0.2) is 6.10 Å². The maximum Gasteiger partial charge on any atom is 0.332 e. The molecule has 1 atom stereocenters. The van der Waals surface area contributed by atoms with Crippen molar-refractivity contribution in [2.45, 2.75) is 13.0 Å². The van der Waals surface area contributed by atoms with Crippen molar-refractivity contribution in [2.75, 3.05) is 46.4 Å². The quantitative estimate of drug-likeness (QED) is 0.685. The van der Waals surface area contributed by atoms with E-state index in [1.807, 2.05) is 0 Å². The van der Waals surface area contributed by atoms with Gasteiger partial charge in [0.05, 0.1) is 6.61 Å². The van der Waals surface area contributed by atoms with Crippen LogP contribution in [-0.4, -0.2) is 73.4 Å². The van der Waals surface area contributed by atoms with Crippen LogP contribution in [0.5, 0.6) is 0 Å². The topological polar surface area (TPSA) is 53.0 Å². The summed E-state index contributed by atoms with van der Waals surface area (Å²) < 4.78 is 5.18. The Balaban J connectivity index is 2.07. The minimum atomic E-state index is -0.895. The summed E-state index contributed by atoms with van der Waals surface area (Å²) in [6.07, 6.45) is -0.697. The number of carbonyl (C=O) groups is 1. The molecule has 1 aliphatic rings. The number of carboxylic acids is 1. The number of ether oxygens (including phenoxy) is 1. The average Bonchev–Trinajstić information content (AvgIpc) is 2.20. The number of carboxylic acid groups (broad SMARTS) is 1. The van der Waals surface area contributed by atoms with E-state index in [0.29, 0.717) is 6.61 Å². The number of hydrogen-bond donors (Lipinski definition) is 1. The first-order chi connectivity index (χ1) is 7.09. The number of hydrogen-bond acceptors (Lipinski definition) is 4. The molecule has 88 valence electrons. The third kappa shape index (κ3) is 4.59. The highest BCUT2D eigenvalue weighted by molar-refractivity contribution is 5.71. The van der Waals surface area contributed by atoms with Crippen molar-refractivity contribution in [3.05, 3.63) is 0 Å². The molecule has 0 aromatic rings. The lowest BCUT2D eigenvalue weighted by atomic mass is 10.3. The number of piperazine rings is 1. The van der Waals surface area contributed by atoms with E-state index in [4.69, 9.17) is 9.84 Å². The lowest BCUT2D eigenvalue weighted by molar-refractivity contribution is -0.149. The van der Waals surface area contributed by atoms with E-state index in [-0.39, 0.29) is 0 Å². The van der Waals surface area contributed by atoms with Crippen LogP contribution < -0.4 is 0 Å². The van der Waals surface area contributed by atoms with Crippen molar-refractivity contribution in [1.82, 2.24) is 9.80 Å². The largest absolute Gasteiger partial charge is 0.479 e. The van der Waals surface area contributed by atoms with Crippen molar-refractivity contribution in [3.8, 4) is 0 Å². The highest BCUT2D eigenvalue weighted by atomic mass is 16.5. The van der Waals surface area contributed by atoms with Crippen LogP contribution in [0.2, 0.25) is 0 Å². The summed E-state index contributed by atoms with van der Waals surface area (Å²) in [4.78, 5) is 15.1. The molecule has 0 radical (unpaired) electrons. The van der Waals surface area contributed by atoms with Crippen LogP contribution in [0.3, 0.4) is 0 Å². The standard InChI is InChI=1S/C10H20N2O3/c1-9(10(13)14)15-8-7-12-5-3-11(2)4-6-12/h9H,3-8H2,1-2H3,(H,13,14)/t9-/m0/s1. The highest BCUT2D eigenvalue weighted by Crippen LogP contribution is 1.99. The summed E-state index contributed by atoms with van der Waals surface area (Å²) >= 11 is 0. The summed E-state index contributed by atoms with van der Waals surface area (Å²) in [6, 6.07) is 0. The van der Waals surface area contributed by atoms with Crippen molar-refractivity contribution in [3.63, 3.8) is 0 Å². The molecule has 1 saturated heterocycles. The van der Waals surface area contributed by atoms with E-state index < -0.39 is 12.1 Å². The Labute approximate surface area is 90.6 Å². The predicted octanol–water partition coefficient (Wildman–Crippen LogP) is -0.276. The van der Waals surface area contributed by atoms with Gasteiger partial charge in [-0.3, -0.25) is 4.90 Å². The third-order valence-electron chi connectivity index (χ3n) is 2.72. The number of likely N-dealkylation sites (N-methyl/N-ethyl adjacent to an activating group) is 1. The molecule has 1 heterocycles. The monoisotopic (exact) mass is 216 g/mol. The molecule has 5 nitrogen and oxygen atoms in total. The molecular formula is C10H20N2O3. The summed E-state index contributed by atoms with van der Waals surface area (Å²) in [5, 5.41) is 8.61. The fourth-order valence-corrected chi connectivity index (χ4v) is 1.50. The zero-order chi connectivity index (χ0) is 11.3. The molecule has 1 rings (SSSR count). The molecule has 0 amide bonds. The van der Waals surface area contributed by atoms with Gasteiger partial charge in [0.25, 0.3) is 0 Å². The Morgan fingerprint density at radius 2 is 2.00 bits per heavy atom. The van der Waals surface area contributed by atoms with Gasteiger partial charge >= 0.3 is 5.97 Å². The van der Waals surface area contributed by atoms with Gasteiger partial charge < -0.3 is 14.7 Å². The van der Waals surface area contributed by atoms with Crippen LogP contribution in [0.25, 0.3) is 0 Å². The third-order valence-corrected chi connectivity index (χ3v) is 2.72. The molecule has 1 N–H and O–H groups in total. The second-order valence-corrected chi connectivity index (χ2v) is 4.00. The first kappa shape index (κ1) is 12.4. The first-order valence-electron chi connectivity index (χ1n) is 5.35. The molecule has 5 heteroatoms. The van der Waals surface area contributed by atoms with Crippen LogP contribution in [0, 0.1) is 0 Å². The van der Waals surface area contributed by atoms with Crippen LogP contribution >= 0.6 is 0 Å². The smallest absolute Gasteiger partial charge is 0.332 e. The molecule has 0 aromatic carbocycles. The van der Waals surface area contributed by atoms with Crippen LogP contribution in [0.15, 0.2) is 0 Å². The fourth-order valence-electron chi connectivity index (χ4n) is 1.50. The minimum Gasteiger partial charge on any atom is -0.479 e. The molecule has 1 aliphatic heterocycles. The molecule has 0 aromatic heterocycles. The summed E-state index contributed by atoms with van der Waals surface area (Å²) in [5.74, 6) is -0.895. The molecule has 15 heavy (non-hydrogen) atoms. The molecule has 0 spiro atoms. The Morgan fingerprint density at radius 3 is 2.53 bits per heavy atom. The van der Waals surface area contributed by atoms with E-state index >= 15 is 0 Å². The highest BCUT2D eigenvalue weighted by Gasteiger charge is 2.15. The van der Waals surface area contributed by atoms with E-state index in [0.717, 1.165) is 32.7 Å². The maximum absolute atomic E-state index is 10.5. The predicted molar refractivity (Wildman–Crippen MR) is 57.0 cm³/mol. The Kier molecular flexibility index (Phi) is 5.01. The van der Waals surface area contributed by atoms with E-state index in [9.17, 15) is 4.79 Å². The van der Waals surface area contributed by atoms with Gasteiger partial charge in [-0.15, -0.1) is 0 Å². The lowest BCUT2D eigenvalue weighted by Crippen LogP contribution is -2.45. The van der Waals surface area contributed by atoms with E-state index in [1.165, 1.54) is 0 Å². The van der Waals surface area contributed by atoms with Crippen molar-refractivity contribution < 1.29 is 14.6 Å². The second-order valence-electron chi connectivity index (χ2n) is 4.00. The van der Waals surface area contributed by atoms with Gasteiger partial charge in [-0.25, -0.2) is 4.79 Å². The van der Waals surface area contributed by atoms with Gasteiger partial charge in [-0.1, -0.05) is 0 Å². The number of rotatable bonds is 5. The van der Waals surface area contributed by atoms with Crippen molar-refractivity contribution in [2.24, 2.45) is 0 Å². The number of nitrogens with zero attached hydrogens (tertiary/aromatic N) is 2. The van der Waals surface area contributed by atoms with Gasteiger partial charge in [-0.2, -0.15) is 0 Å². The summed E-state index contributed by atoms with van der Waals surface area (Å²) in [5.41, 5.74) is 0. The van der Waals surface area contributed by atoms with Gasteiger partial charge in [0, 0.05) is 32.7 Å². The van der Waals surface area contributed by atoms with Crippen LogP contribution in [0.1, 0.15) is 6.92 Å². The summed E-state index contributed by atoms with van der Waals surface area (Å²) in [6.45, 7) is 7.13. The Bertz CT molecular complexity index is 203.